The Balaban J connectivity index is 2.51. The minimum Gasteiger partial charge on any atom is -0.508 e. The van der Waals surface area contributed by atoms with Crippen molar-refractivity contribution in [2.24, 2.45) is 4.99 Å². The van der Waals surface area contributed by atoms with Crippen LogP contribution in [0, 0.1) is 0 Å². The highest BCUT2D eigenvalue weighted by Crippen LogP contribution is 2.48. The Kier molecular flexibility index (Phi) is 2.63. The van der Waals surface area contributed by atoms with E-state index in [1.54, 1.807) is 18.2 Å². The standard InChI is InChI=1S/C11H10BrNO2/c12-8-2-3-10(15)9(6-8)11(13-7-14)4-1-5-11/h2-3,6,15H,1,4-5H2. The fourth-order valence-electron chi connectivity index (χ4n) is 1.92. The smallest absolute Gasteiger partial charge is 0.235 e. The van der Waals surface area contributed by atoms with Crippen LogP contribution in [0.3, 0.4) is 0 Å². The maximum Gasteiger partial charge on any atom is 0.235 e. The van der Waals surface area contributed by atoms with Crippen LogP contribution in [-0.2, 0) is 10.3 Å². The summed E-state index contributed by atoms with van der Waals surface area (Å²) in [5.41, 5.74) is 0.182. The molecule has 1 saturated carbocycles. The summed E-state index contributed by atoms with van der Waals surface area (Å²) in [6, 6.07) is 5.19. The molecule has 0 radical (unpaired) electrons. The van der Waals surface area contributed by atoms with Crippen molar-refractivity contribution >= 4 is 22.0 Å². The molecule has 1 aliphatic carbocycles. The van der Waals surface area contributed by atoms with Crippen molar-refractivity contribution in [1.29, 1.82) is 0 Å². The first kappa shape index (κ1) is 10.4. The maximum absolute atomic E-state index is 10.4. The second kappa shape index (κ2) is 3.80. The molecule has 3 nitrogen and oxygen atoms in total. The zero-order chi connectivity index (χ0) is 10.9. The van der Waals surface area contributed by atoms with Gasteiger partial charge >= 0.3 is 0 Å². The topological polar surface area (TPSA) is 49.7 Å². The molecular formula is C11H10BrNO2. The first-order valence-corrected chi connectivity index (χ1v) is 5.55. The van der Waals surface area contributed by atoms with Gasteiger partial charge in [-0.25, -0.2) is 4.79 Å². The quantitative estimate of drug-likeness (QED) is 0.662. The van der Waals surface area contributed by atoms with Gasteiger partial charge in [-0.15, -0.1) is 0 Å². The molecule has 15 heavy (non-hydrogen) atoms. The van der Waals surface area contributed by atoms with Gasteiger partial charge in [-0.3, -0.25) is 0 Å². The molecule has 4 heteroatoms. The molecule has 1 N–H and O–H groups in total. The summed E-state index contributed by atoms with van der Waals surface area (Å²) < 4.78 is 0.877. The van der Waals surface area contributed by atoms with E-state index in [0.29, 0.717) is 5.56 Å². The third-order valence-corrected chi connectivity index (χ3v) is 3.39. The second-order valence-electron chi connectivity index (χ2n) is 3.75. The van der Waals surface area contributed by atoms with E-state index in [1.807, 2.05) is 6.07 Å². The zero-order valence-electron chi connectivity index (χ0n) is 8.03. The highest BCUT2D eigenvalue weighted by atomic mass is 79.9. The molecule has 0 amide bonds. The van der Waals surface area contributed by atoms with Crippen LogP contribution in [-0.4, -0.2) is 11.2 Å². The Morgan fingerprint density at radius 3 is 2.73 bits per heavy atom. The molecule has 1 aromatic carbocycles. The summed E-state index contributed by atoms with van der Waals surface area (Å²) in [5.74, 6) is 0.192. The third-order valence-electron chi connectivity index (χ3n) is 2.90. The van der Waals surface area contributed by atoms with Crippen LogP contribution in [0.2, 0.25) is 0 Å². The Labute approximate surface area is 96.0 Å². The molecule has 0 atom stereocenters. The largest absolute Gasteiger partial charge is 0.508 e. The number of carbonyl (C=O) groups excluding carboxylic acids is 1. The summed E-state index contributed by atoms with van der Waals surface area (Å²) in [6.45, 7) is 0. The van der Waals surface area contributed by atoms with Gasteiger partial charge in [0.2, 0.25) is 6.08 Å². The lowest BCUT2D eigenvalue weighted by atomic mass is 9.72. The molecule has 0 heterocycles. The van der Waals surface area contributed by atoms with Gasteiger partial charge in [0.05, 0.1) is 0 Å². The molecule has 78 valence electrons. The van der Waals surface area contributed by atoms with Crippen molar-refractivity contribution in [3.05, 3.63) is 28.2 Å². The van der Waals surface area contributed by atoms with Gasteiger partial charge in [0, 0.05) is 10.0 Å². The molecule has 1 aromatic rings. The van der Waals surface area contributed by atoms with E-state index in [0.717, 1.165) is 23.7 Å². The second-order valence-corrected chi connectivity index (χ2v) is 4.67. The maximum atomic E-state index is 10.4. The predicted molar refractivity (Wildman–Crippen MR) is 59.5 cm³/mol. The number of hydrogen-bond donors (Lipinski definition) is 1. The average Bonchev–Trinajstić information content (AvgIpc) is 2.16. The van der Waals surface area contributed by atoms with Gasteiger partial charge in [-0.2, -0.15) is 4.99 Å². The number of benzene rings is 1. The van der Waals surface area contributed by atoms with Crippen LogP contribution in [0.1, 0.15) is 24.8 Å². The molecule has 1 fully saturated rings. The summed E-state index contributed by atoms with van der Waals surface area (Å²) >= 11 is 3.34. The van der Waals surface area contributed by atoms with Crippen molar-refractivity contribution < 1.29 is 9.90 Å². The van der Waals surface area contributed by atoms with Gasteiger partial charge in [0.1, 0.15) is 11.3 Å². The number of hydrogen-bond acceptors (Lipinski definition) is 3. The van der Waals surface area contributed by atoms with Crippen molar-refractivity contribution in [2.75, 3.05) is 0 Å². The van der Waals surface area contributed by atoms with Crippen molar-refractivity contribution in [1.82, 2.24) is 0 Å². The summed E-state index contributed by atoms with van der Waals surface area (Å²) in [7, 11) is 0. The van der Waals surface area contributed by atoms with Crippen molar-refractivity contribution in [3.63, 3.8) is 0 Å². The molecular weight excluding hydrogens is 258 g/mol. The Morgan fingerprint density at radius 1 is 1.47 bits per heavy atom. The lowest BCUT2D eigenvalue weighted by Gasteiger charge is -2.37. The molecule has 0 aliphatic heterocycles. The normalized spacial score (nSPS) is 17.7. The molecule has 1 aliphatic rings. The van der Waals surface area contributed by atoms with Crippen LogP contribution in [0.25, 0.3) is 0 Å². The monoisotopic (exact) mass is 267 g/mol. The van der Waals surface area contributed by atoms with Gasteiger partial charge in [0.25, 0.3) is 0 Å². The van der Waals surface area contributed by atoms with E-state index in [-0.39, 0.29) is 5.75 Å². The summed E-state index contributed by atoms with van der Waals surface area (Å²) in [4.78, 5) is 14.2. The minimum atomic E-state index is -0.532. The van der Waals surface area contributed by atoms with E-state index in [9.17, 15) is 9.90 Å². The zero-order valence-corrected chi connectivity index (χ0v) is 9.62. The van der Waals surface area contributed by atoms with E-state index >= 15 is 0 Å². The number of aliphatic imine (C=N–C) groups is 1. The van der Waals surface area contributed by atoms with Crippen LogP contribution < -0.4 is 0 Å². The van der Waals surface area contributed by atoms with Crippen LogP contribution in [0.15, 0.2) is 27.7 Å². The number of phenols is 1. The molecule has 2 rings (SSSR count). The lowest BCUT2D eigenvalue weighted by Crippen LogP contribution is -2.31. The average molecular weight is 268 g/mol. The Bertz CT molecular complexity index is 434. The fraction of sp³-hybridized carbons (Fsp3) is 0.364. The third kappa shape index (κ3) is 1.71. The summed E-state index contributed by atoms with van der Waals surface area (Å²) in [5, 5.41) is 9.75. The highest BCUT2D eigenvalue weighted by Gasteiger charge is 2.40. The molecule has 0 aromatic heterocycles. The van der Waals surface area contributed by atoms with Gasteiger partial charge in [-0.05, 0) is 37.5 Å². The number of phenolic OH excluding ortho intramolecular Hbond substituents is 1. The first-order valence-electron chi connectivity index (χ1n) is 4.76. The van der Waals surface area contributed by atoms with E-state index < -0.39 is 5.54 Å². The summed E-state index contributed by atoms with van der Waals surface area (Å²) in [6.07, 6.45) is 4.22. The van der Waals surface area contributed by atoms with Gasteiger partial charge in [0.15, 0.2) is 0 Å². The number of aromatic hydroxyl groups is 1. The van der Waals surface area contributed by atoms with E-state index in [2.05, 4.69) is 20.9 Å². The van der Waals surface area contributed by atoms with Gasteiger partial charge in [-0.1, -0.05) is 15.9 Å². The lowest BCUT2D eigenvalue weighted by molar-refractivity contribution is 0.247. The van der Waals surface area contributed by atoms with E-state index in [1.165, 1.54) is 0 Å². The van der Waals surface area contributed by atoms with Crippen LogP contribution in [0.4, 0.5) is 0 Å². The first-order chi connectivity index (χ1) is 7.18. The number of halogens is 1. The molecule has 0 bridgehead atoms. The fourth-order valence-corrected chi connectivity index (χ4v) is 2.28. The Morgan fingerprint density at radius 2 is 2.20 bits per heavy atom. The SMILES string of the molecule is O=C=NC1(c2cc(Br)ccc2O)CCC1. The van der Waals surface area contributed by atoms with Crippen LogP contribution >= 0.6 is 15.9 Å². The highest BCUT2D eigenvalue weighted by molar-refractivity contribution is 9.10. The molecule has 0 saturated heterocycles. The number of nitrogens with zero attached hydrogens (tertiary/aromatic N) is 1. The molecule has 0 unspecified atom stereocenters. The number of isocyanates is 1. The van der Waals surface area contributed by atoms with Gasteiger partial charge < -0.3 is 5.11 Å². The molecule has 0 spiro atoms. The minimum absolute atomic E-state index is 0.192. The Hall–Kier alpha value is -1.12. The number of rotatable bonds is 2. The predicted octanol–water partition coefficient (Wildman–Crippen LogP) is 2.87. The van der Waals surface area contributed by atoms with Crippen molar-refractivity contribution in [2.45, 2.75) is 24.8 Å². The van der Waals surface area contributed by atoms with Crippen LogP contribution in [0.5, 0.6) is 5.75 Å². The van der Waals surface area contributed by atoms with E-state index in [4.69, 9.17) is 0 Å². The van der Waals surface area contributed by atoms with Crippen molar-refractivity contribution in [3.8, 4) is 5.75 Å².